The Morgan fingerprint density at radius 3 is 2.56 bits per heavy atom. The SMILES string of the molecule is CN[C@@H](C)C(N)[C@@H](C(=O)N1CCC[C@H]1C(=O)Nc1cc2c(Nc3ccccc3Cl)ncnc2cc1OC)C(C)(C)C. The standard InChI is InChI=1S/C30H40ClN7O3/c1-17(33-5)26(32)25(30(2,3)4)29(40)38-13-9-12-23(38)28(39)37-22-14-18-21(15-24(22)41-6)34-16-35-27(18)36-20-11-8-7-10-19(20)31/h7-8,10-11,14-17,23,25-26,33H,9,12-13,32H2,1-6H3,(H,37,39)(H,34,35,36)/t17-,23-,25-,26?/m0/s1. The van der Waals surface area contributed by atoms with Gasteiger partial charge in [-0.3, -0.25) is 9.59 Å². The number of nitrogens with zero attached hydrogens (tertiary/aromatic N) is 3. The fraction of sp³-hybridized carbons (Fsp3) is 0.467. The molecule has 41 heavy (non-hydrogen) atoms. The quantitative estimate of drug-likeness (QED) is 0.289. The van der Waals surface area contributed by atoms with E-state index in [-0.39, 0.29) is 17.9 Å². The average molecular weight is 582 g/mol. The lowest BCUT2D eigenvalue weighted by Gasteiger charge is -2.40. The number of halogens is 1. The van der Waals surface area contributed by atoms with E-state index < -0.39 is 23.4 Å². The van der Waals surface area contributed by atoms with E-state index in [9.17, 15) is 9.59 Å². The number of para-hydroxylation sites is 1. The summed E-state index contributed by atoms with van der Waals surface area (Å²) in [6.45, 7) is 8.51. The third-order valence-corrected chi connectivity index (χ3v) is 8.13. The zero-order chi connectivity index (χ0) is 29.9. The van der Waals surface area contributed by atoms with E-state index in [1.807, 2.05) is 52.9 Å². The molecule has 1 unspecified atom stereocenters. The van der Waals surface area contributed by atoms with E-state index >= 15 is 0 Å². The second kappa shape index (κ2) is 12.6. The lowest BCUT2D eigenvalue weighted by Crippen LogP contribution is -2.57. The van der Waals surface area contributed by atoms with Crippen molar-refractivity contribution < 1.29 is 14.3 Å². The van der Waals surface area contributed by atoms with E-state index in [4.69, 9.17) is 22.1 Å². The van der Waals surface area contributed by atoms with Gasteiger partial charge in [0, 0.05) is 30.1 Å². The number of likely N-dealkylation sites (N-methyl/N-ethyl adjacent to an activating group) is 1. The second-order valence-corrected chi connectivity index (χ2v) is 12.0. The molecule has 10 nitrogen and oxygen atoms in total. The minimum absolute atomic E-state index is 0.0734. The first-order valence-electron chi connectivity index (χ1n) is 13.8. The molecule has 2 amide bonds. The number of nitrogens with two attached hydrogens (primary N) is 1. The Bertz CT molecular complexity index is 1410. The molecule has 4 rings (SSSR count). The van der Waals surface area contributed by atoms with Gasteiger partial charge in [-0.25, -0.2) is 9.97 Å². The number of fused-ring (bicyclic) bond motifs is 1. The average Bonchev–Trinajstić information content (AvgIpc) is 3.43. The molecule has 4 atom stereocenters. The van der Waals surface area contributed by atoms with Crippen LogP contribution in [-0.4, -0.2) is 65.5 Å². The van der Waals surface area contributed by atoms with Crippen molar-refractivity contribution in [3.63, 3.8) is 0 Å². The first kappa shape index (κ1) is 30.5. The number of carbonyl (C=O) groups excluding carboxylic acids is 2. The van der Waals surface area contributed by atoms with Crippen molar-refractivity contribution in [3.05, 3.63) is 47.7 Å². The number of benzene rings is 2. The summed E-state index contributed by atoms with van der Waals surface area (Å²) >= 11 is 6.35. The van der Waals surface area contributed by atoms with Crippen LogP contribution < -0.4 is 26.4 Å². The van der Waals surface area contributed by atoms with Gasteiger partial charge in [0.05, 0.1) is 34.9 Å². The van der Waals surface area contributed by atoms with Crippen LogP contribution >= 0.6 is 11.6 Å². The van der Waals surface area contributed by atoms with Gasteiger partial charge < -0.3 is 31.3 Å². The van der Waals surface area contributed by atoms with Gasteiger partial charge in [-0.2, -0.15) is 0 Å². The smallest absolute Gasteiger partial charge is 0.247 e. The molecule has 3 aromatic rings. The number of hydrogen-bond acceptors (Lipinski definition) is 8. The van der Waals surface area contributed by atoms with Crippen LogP contribution in [0.25, 0.3) is 10.9 Å². The highest BCUT2D eigenvalue weighted by atomic mass is 35.5. The van der Waals surface area contributed by atoms with Crippen LogP contribution in [0.3, 0.4) is 0 Å². The van der Waals surface area contributed by atoms with E-state index in [1.54, 1.807) is 23.1 Å². The largest absolute Gasteiger partial charge is 0.494 e. The summed E-state index contributed by atoms with van der Waals surface area (Å²) in [4.78, 5) is 38.1. The summed E-state index contributed by atoms with van der Waals surface area (Å²) in [7, 11) is 3.36. The number of nitrogens with one attached hydrogen (secondary N) is 3. The zero-order valence-electron chi connectivity index (χ0n) is 24.5. The van der Waals surface area contributed by atoms with Gasteiger partial charge in [0.1, 0.15) is 23.9 Å². The number of rotatable bonds is 9. The summed E-state index contributed by atoms with van der Waals surface area (Å²) in [6, 6.07) is 9.76. The highest BCUT2D eigenvalue weighted by Crippen LogP contribution is 2.36. The van der Waals surface area contributed by atoms with Crippen LogP contribution in [0.4, 0.5) is 17.2 Å². The van der Waals surface area contributed by atoms with Crippen molar-refractivity contribution in [1.82, 2.24) is 20.2 Å². The Hall–Kier alpha value is -3.47. The molecule has 0 saturated carbocycles. The summed E-state index contributed by atoms with van der Waals surface area (Å²) in [5.74, 6) is 0.119. The van der Waals surface area contributed by atoms with Crippen LogP contribution in [0.5, 0.6) is 5.75 Å². The van der Waals surface area contributed by atoms with E-state index in [0.717, 1.165) is 6.42 Å². The summed E-state index contributed by atoms with van der Waals surface area (Å²) < 4.78 is 5.60. The third-order valence-electron chi connectivity index (χ3n) is 7.80. The highest BCUT2D eigenvalue weighted by molar-refractivity contribution is 6.33. The lowest BCUT2D eigenvalue weighted by molar-refractivity contribution is -0.144. The molecule has 1 aromatic heterocycles. The van der Waals surface area contributed by atoms with Crippen molar-refractivity contribution in [1.29, 1.82) is 0 Å². The van der Waals surface area contributed by atoms with Gasteiger partial charge in [0.15, 0.2) is 0 Å². The number of carbonyl (C=O) groups is 2. The predicted octanol–water partition coefficient (Wildman–Crippen LogP) is 4.56. The molecule has 0 bridgehead atoms. The Labute approximate surface area is 246 Å². The minimum Gasteiger partial charge on any atom is -0.494 e. The van der Waals surface area contributed by atoms with Crippen LogP contribution in [0.1, 0.15) is 40.5 Å². The Kier molecular flexibility index (Phi) is 9.36. The highest BCUT2D eigenvalue weighted by Gasteiger charge is 2.44. The number of aromatic nitrogens is 2. The number of methoxy groups -OCH3 is 1. The summed E-state index contributed by atoms with van der Waals surface area (Å²) in [5.41, 5.74) is 7.97. The molecule has 0 radical (unpaired) electrons. The number of anilines is 3. The fourth-order valence-electron chi connectivity index (χ4n) is 5.43. The molecule has 0 spiro atoms. The maximum atomic E-state index is 13.9. The predicted molar refractivity (Wildman–Crippen MR) is 164 cm³/mol. The van der Waals surface area contributed by atoms with Gasteiger partial charge >= 0.3 is 0 Å². The zero-order valence-corrected chi connectivity index (χ0v) is 25.2. The van der Waals surface area contributed by atoms with Crippen LogP contribution in [0.15, 0.2) is 42.7 Å². The van der Waals surface area contributed by atoms with Gasteiger partial charge in [-0.15, -0.1) is 0 Å². The van der Waals surface area contributed by atoms with Crippen LogP contribution in [-0.2, 0) is 9.59 Å². The van der Waals surface area contributed by atoms with Crippen LogP contribution in [0, 0.1) is 11.3 Å². The molecule has 1 fully saturated rings. The number of ether oxygens (including phenoxy) is 1. The second-order valence-electron chi connectivity index (χ2n) is 11.6. The molecule has 2 heterocycles. The molecule has 11 heteroatoms. The van der Waals surface area contributed by atoms with Crippen molar-refractivity contribution in [2.24, 2.45) is 17.1 Å². The van der Waals surface area contributed by atoms with E-state index in [1.165, 1.54) is 13.4 Å². The van der Waals surface area contributed by atoms with Crippen molar-refractivity contribution in [3.8, 4) is 5.75 Å². The molecular weight excluding hydrogens is 542 g/mol. The molecule has 0 aliphatic carbocycles. The monoisotopic (exact) mass is 581 g/mol. The van der Waals surface area contributed by atoms with Crippen molar-refractivity contribution >= 4 is 51.5 Å². The molecule has 2 aromatic carbocycles. The fourth-order valence-corrected chi connectivity index (χ4v) is 5.61. The molecule has 1 aliphatic heterocycles. The Balaban J connectivity index is 1.63. The summed E-state index contributed by atoms with van der Waals surface area (Å²) in [5, 5.41) is 10.7. The van der Waals surface area contributed by atoms with Gasteiger partial charge in [-0.05, 0) is 50.4 Å². The van der Waals surface area contributed by atoms with Gasteiger partial charge in [0.2, 0.25) is 11.8 Å². The van der Waals surface area contributed by atoms with Crippen molar-refractivity contribution in [2.75, 3.05) is 31.3 Å². The normalized spacial score (nSPS) is 17.7. The third kappa shape index (κ3) is 6.55. The molecular formula is C30H40ClN7O3. The topological polar surface area (TPSA) is 134 Å². The molecule has 5 N–H and O–H groups in total. The van der Waals surface area contributed by atoms with E-state index in [2.05, 4.69) is 25.9 Å². The maximum absolute atomic E-state index is 13.9. The number of likely N-dealkylation sites (tertiary alicyclic amines) is 1. The maximum Gasteiger partial charge on any atom is 0.247 e. The minimum atomic E-state index is -0.627. The summed E-state index contributed by atoms with van der Waals surface area (Å²) in [6.07, 6.45) is 2.74. The van der Waals surface area contributed by atoms with Gasteiger partial charge in [0.25, 0.3) is 0 Å². The molecule has 220 valence electrons. The Morgan fingerprint density at radius 1 is 1.17 bits per heavy atom. The number of hydrogen-bond donors (Lipinski definition) is 4. The van der Waals surface area contributed by atoms with Crippen molar-refractivity contribution in [2.45, 2.75) is 58.7 Å². The van der Waals surface area contributed by atoms with Crippen LogP contribution in [0.2, 0.25) is 5.02 Å². The molecule has 1 saturated heterocycles. The van der Waals surface area contributed by atoms with Gasteiger partial charge in [-0.1, -0.05) is 44.5 Å². The van der Waals surface area contributed by atoms with E-state index in [0.29, 0.717) is 51.8 Å². The first-order chi connectivity index (χ1) is 19.5. The molecule has 1 aliphatic rings. The lowest BCUT2D eigenvalue weighted by atomic mass is 9.73. The first-order valence-corrected chi connectivity index (χ1v) is 14.2. The number of amides is 2. The Morgan fingerprint density at radius 2 is 1.90 bits per heavy atom.